The van der Waals surface area contributed by atoms with E-state index in [1.807, 2.05) is 0 Å². The van der Waals surface area contributed by atoms with E-state index in [2.05, 4.69) is 87.6 Å². The summed E-state index contributed by atoms with van der Waals surface area (Å²) in [6, 6.07) is 11.6. The second-order valence-electron chi connectivity index (χ2n) is 18.9. The summed E-state index contributed by atoms with van der Waals surface area (Å²) < 4.78 is 1.34. The predicted molar refractivity (Wildman–Crippen MR) is 270 cm³/mol. The van der Waals surface area contributed by atoms with Gasteiger partial charge in [-0.1, -0.05) is 242 Å². The molecule has 1 heteroatoms. The van der Waals surface area contributed by atoms with Crippen LogP contribution in [0.25, 0.3) is 0 Å². The number of quaternary nitrogens is 1. The average molecular weight is 817 g/mol. The molecule has 0 bridgehead atoms. The van der Waals surface area contributed by atoms with E-state index in [1.54, 1.807) is 5.56 Å². The molecule has 1 rings (SSSR count). The maximum Gasteiger partial charge on any atom is 0.104 e. The molecule has 0 heterocycles. The van der Waals surface area contributed by atoms with Crippen molar-refractivity contribution in [2.45, 2.75) is 278 Å². The maximum absolute atomic E-state index is 2.43. The van der Waals surface area contributed by atoms with Crippen LogP contribution in [-0.4, -0.2) is 24.1 Å². The third-order valence-electron chi connectivity index (χ3n) is 13.0. The Morgan fingerprint density at radius 3 is 0.797 bits per heavy atom. The van der Waals surface area contributed by atoms with Crippen LogP contribution in [0.15, 0.2) is 66.8 Å². The van der Waals surface area contributed by atoms with Gasteiger partial charge in [0, 0.05) is 5.56 Å². The van der Waals surface area contributed by atoms with E-state index in [4.69, 9.17) is 0 Å². The number of nitrogens with zero attached hydrogens (tertiary/aromatic N) is 1. The Labute approximate surface area is 372 Å². The zero-order valence-electron chi connectivity index (χ0n) is 40.7. The lowest BCUT2D eigenvalue weighted by atomic mass is 10.0. The van der Waals surface area contributed by atoms with Gasteiger partial charge in [0.1, 0.15) is 6.54 Å². The molecule has 0 radical (unpaired) electrons. The third-order valence-corrected chi connectivity index (χ3v) is 13.0. The smallest absolute Gasteiger partial charge is 0.104 e. The molecule has 0 atom stereocenters. The first-order chi connectivity index (χ1) is 29.3. The minimum Gasteiger partial charge on any atom is -0.320 e. The van der Waals surface area contributed by atoms with Crippen LogP contribution in [-0.2, 0) is 6.54 Å². The van der Waals surface area contributed by atoms with Gasteiger partial charge in [-0.15, -0.1) is 0 Å². The van der Waals surface area contributed by atoms with Crippen molar-refractivity contribution in [3.8, 4) is 0 Å². The van der Waals surface area contributed by atoms with E-state index in [0.717, 1.165) is 0 Å². The van der Waals surface area contributed by atoms with Crippen LogP contribution in [0.2, 0.25) is 0 Å². The molecule has 0 aliphatic carbocycles. The predicted octanol–water partition coefficient (Wildman–Crippen LogP) is 19.9. The Morgan fingerprint density at radius 1 is 0.288 bits per heavy atom. The number of hydrogen-bond donors (Lipinski definition) is 0. The molecule has 0 aliphatic heterocycles. The summed E-state index contributed by atoms with van der Waals surface area (Å²) in [5, 5.41) is 0. The fraction of sp³-hybridized carbons (Fsp3) is 0.793. The fourth-order valence-corrected chi connectivity index (χ4v) is 9.06. The molecule has 0 amide bonds. The summed E-state index contributed by atoms with van der Waals surface area (Å²) in [5.41, 5.74) is 1.57. The zero-order chi connectivity index (χ0) is 42.3. The number of benzene rings is 1. The van der Waals surface area contributed by atoms with Crippen molar-refractivity contribution in [3.05, 3.63) is 72.4 Å². The molecule has 0 N–H and O–H groups in total. The summed E-state index contributed by atoms with van der Waals surface area (Å²) in [7, 11) is 0. The van der Waals surface area contributed by atoms with Crippen molar-refractivity contribution in [2.75, 3.05) is 19.6 Å². The minimum atomic E-state index is 1.25. The molecule has 1 aromatic carbocycles. The molecular formula is C58H106N+. The molecule has 0 saturated carbocycles. The van der Waals surface area contributed by atoms with Crippen molar-refractivity contribution >= 4 is 0 Å². The summed E-state index contributed by atoms with van der Waals surface area (Å²) in [5.74, 6) is 0. The first-order valence-corrected chi connectivity index (χ1v) is 27.1. The van der Waals surface area contributed by atoms with E-state index in [1.165, 1.54) is 281 Å². The van der Waals surface area contributed by atoms with Crippen LogP contribution < -0.4 is 0 Å². The molecule has 342 valence electrons. The van der Waals surface area contributed by atoms with Crippen LogP contribution in [0, 0.1) is 0 Å². The molecule has 1 aromatic rings. The minimum absolute atomic E-state index is 1.25. The van der Waals surface area contributed by atoms with Gasteiger partial charge in [-0.3, -0.25) is 0 Å². The molecule has 0 fully saturated rings. The normalized spacial score (nSPS) is 12.3. The highest BCUT2D eigenvalue weighted by atomic mass is 15.3. The van der Waals surface area contributed by atoms with Gasteiger partial charge in [-0.2, -0.15) is 0 Å². The van der Waals surface area contributed by atoms with E-state index >= 15 is 0 Å². The van der Waals surface area contributed by atoms with Crippen molar-refractivity contribution in [1.29, 1.82) is 0 Å². The number of hydrogen-bond acceptors (Lipinski definition) is 0. The standard InChI is InChI=1S/C58H106N/c1-4-7-10-13-16-19-22-25-28-31-34-37-40-43-49-54-59(57-58-52-47-46-48-53-58,55-50-44-41-38-35-32-29-26-23-20-17-14-11-8-5-2)56-51-45-42-39-36-33-30-27-24-21-18-15-12-9-6-3/h13-18,46-48,52-53H,4-12,19-45,49-51,54-57H2,1-3H3/q+1/b16-13+,17-14+,18-15+. The average Bonchev–Trinajstić information content (AvgIpc) is 3.25. The van der Waals surface area contributed by atoms with Crippen LogP contribution in [0.5, 0.6) is 0 Å². The molecule has 0 saturated heterocycles. The topological polar surface area (TPSA) is 0 Å². The highest BCUT2D eigenvalue weighted by molar-refractivity contribution is 5.13. The maximum atomic E-state index is 2.43. The first kappa shape index (κ1) is 55.4. The third kappa shape index (κ3) is 39.0. The van der Waals surface area contributed by atoms with Crippen molar-refractivity contribution in [1.82, 2.24) is 0 Å². The SMILES string of the molecule is CCCC/C=C/CCCCCCCCCCC[N+](CCCCCCCCCCC/C=C/CCCC)(CCCCCCCCCCC/C=C/CCCC)Cc1ccccc1. The highest BCUT2D eigenvalue weighted by Gasteiger charge is 2.26. The first-order valence-electron chi connectivity index (χ1n) is 27.1. The van der Waals surface area contributed by atoms with E-state index < -0.39 is 0 Å². The van der Waals surface area contributed by atoms with Gasteiger partial charge in [0.15, 0.2) is 0 Å². The van der Waals surface area contributed by atoms with Gasteiger partial charge >= 0.3 is 0 Å². The fourth-order valence-electron chi connectivity index (χ4n) is 9.06. The largest absolute Gasteiger partial charge is 0.320 e. The lowest BCUT2D eigenvalue weighted by Gasteiger charge is -2.39. The van der Waals surface area contributed by atoms with Gasteiger partial charge in [-0.05, 0) is 96.3 Å². The monoisotopic (exact) mass is 817 g/mol. The summed E-state index contributed by atoms with van der Waals surface area (Å²) >= 11 is 0. The van der Waals surface area contributed by atoms with Gasteiger partial charge in [0.25, 0.3) is 0 Å². The second kappa shape index (κ2) is 45.9. The van der Waals surface area contributed by atoms with Crippen molar-refractivity contribution < 1.29 is 4.48 Å². The molecular weight excluding hydrogens is 711 g/mol. The second-order valence-corrected chi connectivity index (χ2v) is 18.9. The van der Waals surface area contributed by atoms with Crippen molar-refractivity contribution in [3.63, 3.8) is 0 Å². The van der Waals surface area contributed by atoms with Gasteiger partial charge < -0.3 is 4.48 Å². The summed E-state index contributed by atoms with van der Waals surface area (Å²) in [4.78, 5) is 0. The van der Waals surface area contributed by atoms with E-state index in [0.29, 0.717) is 0 Å². The lowest BCUT2D eigenvalue weighted by Crippen LogP contribution is -2.49. The Balaban J connectivity index is 2.51. The van der Waals surface area contributed by atoms with Crippen LogP contribution in [0.4, 0.5) is 0 Å². The molecule has 0 spiro atoms. The lowest BCUT2D eigenvalue weighted by molar-refractivity contribution is -0.941. The van der Waals surface area contributed by atoms with Gasteiger partial charge in [-0.25, -0.2) is 0 Å². The zero-order valence-corrected chi connectivity index (χ0v) is 40.7. The summed E-state index contributed by atoms with van der Waals surface area (Å²) in [6.07, 6.45) is 68.9. The van der Waals surface area contributed by atoms with E-state index in [9.17, 15) is 0 Å². The van der Waals surface area contributed by atoms with Gasteiger partial charge in [0.05, 0.1) is 19.6 Å². The summed E-state index contributed by atoms with van der Waals surface area (Å²) in [6.45, 7) is 12.3. The molecule has 0 aliphatic rings. The molecule has 1 nitrogen and oxygen atoms in total. The van der Waals surface area contributed by atoms with E-state index in [-0.39, 0.29) is 0 Å². The molecule has 0 unspecified atom stereocenters. The van der Waals surface area contributed by atoms with Crippen LogP contribution in [0.1, 0.15) is 277 Å². The van der Waals surface area contributed by atoms with Gasteiger partial charge in [0.2, 0.25) is 0 Å². The molecule has 0 aromatic heterocycles. The number of rotatable bonds is 47. The van der Waals surface area contributed by atoms with Crippen molar-refractivity contribution in [2.24, 2.45) is 0 Å². The Morgan fingerprint density at radius 2 is 0.525 bits per heavy atom. The highest BCUT2D eigenvalue weighted by Crippen LogP contribution is 2.23. The number of allylic oxidation sites excluding steroid dienone is 6. The Hall–Kier alpha value is -1.60. The molecule has 59 heavy (non-hydrogen) atoms. The Bertz CT molecular complexity index is 921. The van der Waals surface area contributed by atoms with Crippen LogP contribution >= 0.6 is 0 Å². The Kier molecular flexibility index (Phi) is 43.1. The van der Waals surface area contributed by atoms with Crippen LogP contribution in [0.3, 0.4) is 0 Å². The number of unbranched alkanes of at least 4 members (excludes halogenated alkanes) is 33. The quantitative estimate of drug-likeness (QED) is 0.0349.